The number of carbonyl (C=O) groups excluding carboxylic acids is 1. The second kappa shape index (κ2) is 7.21. The van der Waals surface area contributed by atoms with Gasteiger partial charge in [0.15, 0.2) is 11.2 Å². The second-order valence-corrected chi connectivity index (χ2v) is 8.42. The van der Waals surface area contributed by atoms with Crippen LogP contribution in [0, 0.1) is 0 Å². The Bertz CT molecular complexity index is 1180. The standard InChI is InChI=1S/C20H18N2O5S/c23-17-14-19(27-18-9-5-4-8-16(17)18)20(24)21-10-12-22(13-11-21)28(25,26)15-6-2-1-3-7-15/h1-9,14H,10-13H2. The molecule has 1 amide bonds. The minimum absolute atomic E-state index is 0.0388. The molecule has 0 bridgehead atoms. The number of fused-ring (bicyclic) bond motifs is 1. The first-order chi connectivity index (χ1) is 13.5. The third-order valence-corrected chi connectivity index (χ3v) is 6.67. The largest absolute Gasteiger partial charge is 0.451 e. The van der Waals surface area contributed by atoms with Crippen LogP contribution in [-0.4, -0.2) is 49.7 Å². The highest BCUT2D eigenvalue weighted by Crippen LogP contribution is 2.19. The van der Waals surface area contributed by atoms with Crippen molar-refractivity contribution in [2.75, 3.05) is 26.2 Å². The number of piperazine rings is 1. The van der Waals surface area contributed by atoms with Gasteiger partial charge in [-0.2, -0.15) is 4.31 Å². The van der Waals surface area contributed by atoms with Crippen molar-refractivity contribution in [1.82, 2.24) is 9.21 Å². The second-order valence-electron chi connectivity index (χ2n) is 6.48. The maximum Gasteiger partial charge on any atom is 0.289 e. The molecule has 1 aliphatic rings. The van der Waals surface area contributed by atoms with Crippen molar-refractivity contribution in [3.8, 4) is 0 Å². The third kappa shape index (κ3) is 3.32. The summed E-state index contributed by atoms with van der Waals surface area (Å²) >= 11 is 0. The zero-order valence-corrected chi connectivity index (χ0v) is 15.8. The van der Waals surface area contributed by atoms with E-state index in [1.165, 1.54) is 15.3 Å². The molecule has 7 nitrogen and oxygen atoms in total. The van der Waals surface area contributed by atoms with Crippen LogP contribution in [0.5, 0.6) is 0 Å². The van der Waals surface area contributed by atoms with E-state index >= 15 is 0 Å². The molecule has 4 rings (SSSR count). The summed E-state index contributed by atoms with van der Waals surface area (Å²) in [6, 6.07) is 16.1. The number of benzene rings is 2. The van der Waals surface area contributed by atoms with Gasteiger partial charge in [-0.15, -0.1) is 0 Å². The predicted octanol–water partition coefficient (Wildman–Crippen LogP) is 1.94. The quantitative estimate of drug-likeness (QED) is 0.673. The molecule has 2 aromatic carbocycles. The molecule has 144 valence electrons. The fraction of sp³-hybridized carbons (Fsp3) is 0.200. The minimum atomic E-state index is -3.59. The summed E-state index contributed by atoms with van der Waals surface area (Å²) in [5.74, 6) is -0.456. The molecule has 1 aromatic heterocycles. The monoisotopic (exact) mass is 398 g/mol. The van der Waals surface area contributed by atoms with Crippen LogP contribution < -0.4 is 5.43 Å². The van der Waals surface area contributed by atoms with Gasteiger partial charge >= 0.3 is 0 Å². The van der Waals surface area contributed by atoms with E-state index in [2.05, 4.69) is 0 Å². The lowest BCUT2D eigenvalue weighted by Crippen LogP contribution is -2.50. The lowest BCUT2D eigenvalue weighted by molar-refractivity contribution is 0.0666. The molecule has 0 unspecified atom stereocenters. The normalized spacial score (nSPS) is 15.6. The number of para-hydroxylation sites is 1. The van der Waals surface area contributed by atoms with Crippen molar-refractivity contribution in [1.29, 1.82) is 0 Å². The molecule has 28 heavy (non-hydrogen) atoms. The molecule has 0 spiro atoms. The Balaban J connectivity index is 1.51. The fourth-order valence-electron chi connectivity index (χ4n) is 3.24. The molecule has 0 saturated carbocycles. The van der Waals surface area contributed by atoms with E-state index in [9.17, 15) is 18.0 Å². The highest BCUT2D eigenvalue weighted by molar-refractivity contribution is 7.89. The molecule has 0 radical (unpaired) electrons. The summed E-state index contributed by atoms with van der Waals surface area (Å²) in [7, 11) is -3.59. The van der Waals surface area contributed by atoms with E-state index in [4.69, 9.17) is 4.42 Å². The first-order valence-electron chi connectivity index (χ1n) is 8.84. The first kappa shape index (κ1) is 18.4. The van der Waals surface area contributed by atoms with E-state index in [1.54, 1.807) is 54.6 Å². The van der Waals surface area contributed by atoms with E-state index in [1.807, 2.05) is 0 Å². The Labute approximate surface area is 161 Å². The lowest BCUT2D eigenvalue weighted by Gasteiger charge is -2.33. The molecule has 2 heterocycles. The van der Waals surface area contributed by atoms with Crippen molar-refractivity contribution in [3.63, 3.8) is 0 Å². The van der Waals surface area contributed by atoms with Crippen LogP contribution in [0.2, 0.25) is 0 Å². The number of nitrogens with zero attached hydrogens (tertiary/aromatic N) is 2. The number of rotatable bonds is 3. The van der Waals surface area contributed by atoms with Gasteiger partial charge in [-0.05, 0) is 24.3 Å². The van der Waals surface area contributed by atoms with Crippen molar-refractivity contribution in [2.45, 2.75) is 4.90 Å². The Kier molecular flexibility index (Phi) is 4.74. The van der Waals surface area contributed by atoms with Crippen molar-refractivity contribution >= 4 is 26.9 Å². The molecular weight excluding hydrogens is 380 g/mol. The topological polar surface area (TPSA) is 87.9 Å². The minimum Gasteiger partial charge on any atom is -0.451 e. The molecule has 0 N–H and O–H groups in total. The van der Waals surface area contributed by atoms with Gasteiger partial charge in [0, 0.05) is 32.2 Å². The van der Waals surface area contributed by atoms with Crippen LogP contribution in [0.15, 0.2) is 74.8 Å². The summed E-state index contributed by atoms with van der Waals surface area (Å²) in [5, 5.41) is 0.415. The average Bonchev–Trinajstić information content (AvgIpc) is 2.74. The number of hydrogen-bond donors (Lipinski definition) is 0. The van der Waals surface area contributed by atoms with Crippen molar-refractivity contribution in [3.05, 3.63) is 76.6 Å². The van der Waals surface area contributed by atoms with Crippen LogP contribution in [0.1, 0.15) is 10.6 Å². The van der Waals surface area contributed by atoms with Gasteiger partial charge in [0.05, 0.1) is 10.3 Å². The summed E-state index contributed by atoms with van der Waals surface area (Å²) < 4.78 is 32.3. The molecule has 8 heteroatoms. The fourth-order valence-corrected chi connectivity index (χ4v) is 4.68. The zero-order valence-electron chi connectivity index (χ0n) is 14.9. The van der Waals surface area contributed by atoms with Crippen LogP contribution in [0.4, 0.5) is 0 Å². The Hall–Kier alpha value is -2.97. The van der Waals surface area contributed by atoms with Crippen LogP contribution in [-0.2, 0) is 10.0 Å². The van der Waals surface area contributed by atoms with Gasteiger partial charge < -0.3 is 9.32 Å². The Morgan fingerprint density at radius 3 is 2.25 bits per heavy atom. The first-order valence-corrected chi connectivity index (χ1v) is 10.3. The van der Waals surface area contributed by atoms with Gasteiger partial charge in [0.2, 0.25) is 10.0 Å². The highest BCUT2D eigenvalue weighted by Gasteiger charge is 2.31. The molecule has 1 saturated heterocycles. The zero-order chi connectivity index (χ0) is 19.7. The summed E-state index contributed by atoms with van der Waals surface area (Å²) in [4.78, 5) is 26.7. The molecule has 3 aromatic rings. The van der Waals surface area contributed by atoms with E-state index in [0.717, 1.165) is 0 Å². The molecule has 0 aliphatic carbocycles. The molecular formula is C20H18N2O5S. The SMILES string of the molecule is O=C(c1cc(=O)c2ccccc2o1)N1CCN(S(=O)(=O)c2ccccc2)CC1. The molecule has 1 aliphatic heterocycles. The number of amides is 1. The van der Waals surface area contributed by atoms with Crippen molar-refractivity contribution < 1.29 is 17.6 Å². The Morgan fingerprint density at radius 2 is 1.54 bits per heavy atom. The number of carbonyl (C=O) groups is 1. The highest BCUT2D eigenvalue weighted by atomic mass is 32.2. The maximum absolute atomic E-state index is 12.7. The van der Waals surface area contributed by atoms with E-state index < -0.39 is 15.9 Å². The number of sulfonamides is 1. The van der Waals surface area contributed by atoms with E-state index in [0.29, 0.717) is 11.0 Å². The van der Waals surface area contributed by atoms with Gasteiger partial charge in [-0.1, -0.05) is 30.3 Å². The van der Waals surface area contributed by atoms with Gasteiger partial charge in [0.25, 0.3) is 5.91 Å². The van der Waals surface area contributed by atoms with E-state index in [-0.39, 0.29) is 42.3 Å². The molecule has 1 fully saturated rings. The van der Waals surface area contributed by atoms with Gasteiger partial charge in [-0.25, -0.2) is 8.42 Å². The van der Waals surface area contributed by atoms with Crippen molar-refractivity contribution in [2.24, 2.45) is 0 Å². The summed E-state index contributed by atoms with van der Waals surface area (Å²) in [6.07, 6.45) is 0. The maximum atomic E-state index is 12.7. The van der Waals surface area contributed by atoms with Crippen LogP contribution in [0.25, 0.3) is 11.0 Å². The average molecular weight is 398 g/mol. The van der Waals surface area contributed by atoms with Crippen LogP contribution >= 0.6 is 0 Å². The third-order valence-electron chi connectivity index (χ3n) is 4.75. The predicted molar refractivity (Wildman–Crippen MR) is 104 cm³/mol. The Morgan fingerprint density at radius 1 is 0.893 bits per heavy atom. The smallest absolute Gasteiger partial charge is 0.289 e. The molecule has 0 atom stereocenters. The van der Waals surface area contributed by atoms with Gasteiger partial charge in [0.1, 0.15) is 5.58 Å². The van der Waals surface area contributed by atoms with Crippen LogP contribution in [0.3, 0.4) is 0 Å². The van der Waals surface area contributed by atoms with Gasteiger partial charge in [-0.3, -0.25) is 9.59 Å². The summed E-state index contributed by atoms with van der Waals surface area (Å²) in [6.45, 7) is 0.810. The number of hydrogen-bond acceptors (Lipinski definition) is 5. The lowest BCUT2D eigenvalue weighted by atomic mass is 10.2. The summed E-state index contributed by atoms with van der Waals surface area (Å²) in [5.41, 5.74) is 0.0686.